The van der Waals surface area contributed by atoms with Crippen molar-refractivity contribution in [3.05, 3.63) is 81.6 Å². The number of anilines is 1. The van der Waals surface area contributed by atoms with Gasteiger partial charge in [-0.1, -0.05) is 74.8 Å². The molecule has 8 nitrogen and oxygen atoms in total. The molecule has 1 aromatic heterocycles. The monoisotopic (exact) mass is 646 g/mol. The normalized spacial score (nSPS) is 16.0. The molecular weight excluding hydrogens is 596 g/mol. The predicted octanol–water partition coefficient (Wildman–Crippen LogP) is 7.37. The molecule has 1 unspecified atom stereocenters. The van der Waals surface area contributed by atoms with Crippen molar-refractivity contribution in [2.24, 2.45) is 4.99 Å². The third-order valence-electron chi connectivity index (χ3n) is 8.13. The number of ether oxygens (including phenoxy) is 2. The lowest BCUT2D eigenvalue weighted by molar-refractivity contribution is -0.148. The first-order chi connectivity index (χ1) is 22.5. The minimum absolute atomic E-state index is 0.292. The van der Waals surface area contributed by atoms with Crippen LogP contribution in [0.4, 0.5) is 16.2 Å². The highest BCUT2D eigenvalue weighted by Crippen LogP contribution is 2.34. The quantitative estimate of drug-likeness (QED) is 0.0774. The molecule has 1 atom stereocenters. The smallest absolute Gasteiger partial charge is 0.423 e. The number of piperazine rings is 1. The highest BCUT2D eigenvalue weighted by Gasteiger charge is 2.33. The molecule has 46 heavy (non-hydrogen) atoms. The number of hydrogen-bond acceptors (Lipinski definition) is 8. The number of thiophene rings is 1. The molecule has 0 aliphatic carbocycles. The molecule has 248 valence electrons. The van der Waals surface area contributed by atoms with Crippen LogP contribution in [0.2, 0.25) is 0 Å². The van der Waals surface area contributed by atoms with Gasteiger partial charge in [-0.2, -0.15) is 0 Å². The SMILES string of the molecule is CC/C=C/C/C=C/C/C=C/CCCCCCCN1CCN(C2=c3cc(C)sc3=Nc3ccccc3N2C(=O)OC(C)OC=O)CC1. The maximum Gasteiger partial charge on any atom is 0.423 e. The van der Waals surface area contributed by atoms with Crippen molar-refractivity contribution in [1.29, 1.82) is 0 Å². The van der Waals surface area contributed by atoms with Gasteiger partial charge >= 0.3 is 6.09 Å². The third kappa shape index (κ3) is 10.4. The van der Waals surface area contributed by atoms with E-state index in [2.05, 4.69) is 66.2 Å². The van der Waals surface area contributed by atoms with Gasteiger partial charge in [-0.3, -0.25) is 9.69 Å². The van der Waals surface area contributed by atoms with Crippen molar-refractivity contribution in [1.82, 2.24) is 9.80 Å². The number of fused-ring (bicyclic) bond motifs is 2. The summed E-state index contributed by atoms with van der Waals surface area (Å²) >= 11 is 1.62. The van der Waals surface area contributed by atoms with Crippen LogP contribution in [-0.2, 0) is 14.3 Å². The number of allylic oxidation sites excluding steroid dienone is 6. The van der Waals surface area contributed by atoms with Crippen LogP contribution < -0.4 is 14.8 Å². The summed E-state index contributed by atoms with van der Waals surface area (Å²) in [5.74, 6) is 0.769. The van der Waals surface area contributed by atoms with E-state index >= 15 is 0 Å². The van der Waals surface area contributed by atoms with Gasteiger partial charge in [0.05, 0.1) is 16.6 Å². The van der Waals surface area contributed by atoms with Crippen molar-refractivity contribution >= 4 is 41.1 Å². The summed E-state index contributed by atoms with van der Waals surface area (Å²) in [5.41, 5.74) is 1.34. The van der Waals surface area contributed by atoms with E-state index in [0.717, 1.165) is 72.6 Å². The van der Waals surface area contributed by atoms with Gasteiger partial charge < -0.3 is 14.4 Å². The van der Waals surface area contributed by atoms with E-state index < -0.39 is 12.4 Å². The third-order valence-corrected chi connectivity index (χ3v) is 9.07. The Morgan fingerprint density at radius 3 is 2.41 bits per heavy atom. The van der Waals surface area contributed by atoms with Crippen LogP contribution in [0.15, 0.2) is 71.8 Å². The van der Waals surface area contributed by atoms with Gasteiger partial charge in [0.25, 0.3) is 6.47 Å². The van der Waals surface area contributed by atoms with Crippen molar-refractivity contribution in [3.63, 3.8) is 0 Å². The number of carbonyl (C=O) groups is 2. The van der Waals surface area contributed by atoms with Crippen LogP contribution in [0, 0.1) is 6.92 Å². The second kappa shape index (κ2) is 19.1. The molecule has 2 aromatic rings. The molecule has 3 heterocycles. The highest BCUT2D eigenvalue weighted by molar-refractivity contribution is 7.09. The molecule has 4 rings (SSSR count). The highest BCUT2D eigenvalue weighted by atomic mass is 32.1. The summed E-state index contributed by atoms with van der Waals surface area (Å²) in [6, 6.07) is 9.70. The second-order valence-corrected chi connectivity index (χ2v) is 12.9. The van der Waals surface area contributed by atoms with Crippen LogP contribution in [0.1, 0.15) is 76.5 Å². The Hall–Kier alpha value is -3.69. The number of aryl methyl sites for hydroxylation is 1. The Morgan fingerprint density at radius 2 is 1.65 bits per heavy atom. The zero-order valence-corrected chi connectivity index (χ0v) is 28.6. The fourth-order valence-corrected chi connectivity index (χ4v) is 6.66. The van der Waals surface area contributed by atoms with E-state index in [1.165, 1.54) is 45.4 Å². The fraction of sp³-hybridized carbons (Fsp3) is 0.486. The predicted molar refractivity (Wildman–Crippen MR) is 188 cm³/mol. The lowest BCUT2D eigenvalue weighted by atomic mass is 10.1. The molecule has 1 fully saturated rings. The van der Waals surface area contributed by atoms with Crippen LogP contribution in [-0.4, -0.2) is 61.4 Å². The fourth-order valence-electron chi connectivity index (χ4n) is 5.77. The maximum atomic E-state index is 13.7. The van der Waals surface area contributed by atoms with Gasteiger partial charge in [0, 0.05) is 38.0 Å². The average molecular weight is 647 g/mol. The number of nitrogens with zero attached hydrogens (tertiary/aromatic N) is 4. The minimum atomic E-state index is -1.01. The molecule has 0 radical (unpaired) electrons. The number of unbranched alkanes of at least 4 members (excludes halogenated alkanes) is 5. The molecule has 0 saturated carbocycles. The number of carbonyl (C=O) groups excluding carboxylic acids is 2. The van der Waals surface area contributed by atoms with Gasteiger partial charge in [-0.25, -0.2) is 14.7 Å². The Kier molecular flexibility index (Phi) is 14.6. The van der Waals surface area contributed by atoms with Crippen LogP contribution in [0.5, 0.6) is 0 Å². The zero-order chi connectivity index (χ0) is 32.6. The van der Waals surface area contributed by atoms with Crippen molar-refractivity contribution in [2.45, 2.75) is 84.8 Å². The molecule has 0 spiro atoms. The van der Waals surface area contributed by atoms with E-state index in [1.54, 1.807) is 16.2 Å². The summed E-state index contributed by atoms with van der Waals surface area (Å²) < 4.78 is 11.3. The summed E-state index contributed by atoms with van der Waals surface area (Å²) in [7, 11) is 0. The lowest BCUT2D eigenvalue weighted by Gasteiger charge is -2.40. The first kappa shape index (κ1) is 35.2. The molecule has 1 amide bonds. The summed E-state index contributed by atoms with van der Waals surface area (Å²) in [4.78, 5) is 37.1. The molecule has 2 aliphatic heterocycles. The van der Waals surface area contributed by atoms with E-state index in [0.29, 0.717) is 17.8 Å². The molecule has 0 N–H and O–H groups in total. The zero-order valence-electron chi connectivity index (χ0n) is 27.7. The molecular formula is C37H50N4O4S. The van der Waals surface area contributed by atoms with E-state index in [9.17, 15) is 9.59 Å². The van der Waals surface area contributed by atoms with Gasteiger partial charge in [-0.05, 0) is 70.2 Å². The van der Waals surface area contributed by atoms with Crippen molar-refractivity contribution in [3.8, 4) is 0 Å². The summed E-state index contributed by atoms with van der Waals surface area (Å²) in [5, 5.41) is 0.916. The maximum absolute atomic E-state index is 13.7. The standard InChI is InChI=1S/C37H50N4O4S/c1-4-5-6-7-8-9-10-11-12-13-14-15-16-17-20-23-39-24-26-40(27-25-39)36-32-28-30(2)46-35(32)38-33-21-18-19-22-34(33)41(36)37(43)45-31(3)44-29-42/h5-6,8-9,11-12,18-19,21-22,28-29,31H,4,7,10,13-17,20,23-27H2,1-3H3/b6-5+,9-8+,12-11+. The van der Waals surface area contributed by atoms with Crippen LogP contribution in [0.3, 0.4) is 0 Å². The topological polar surface area (TPSA) is 74.7 Å². The summed E-state index contributed by atoms with van der Waals surface area (Å²) in [6.45, 7) is 10.5. The molecule has 1 aromatic carbocycles. The first-order valence-corrected chi connectivity index (χ1v) is 17.6. The number of benzene rings is 1. The molecule has 0 bridgehead atoms. The van der Waals surface area contributed by atoms with Crippen molar-refractivity contribution < 1.29 is 19.1 Å². The van der Waals surface area contributed by atoms with E-state index in [-0.39, 0.29) is 0 Å². The Balaban J connectivity index is 1.28. The number of hydrogen-bond donors (Lipinski definition) is 0. The minimum Gasteiger partial charge on any atom is -0.428 e. The average Bonchev–Trinajstić information content (AvgIpc) is 3.35. The molecule has 9 heteroatoms. The van der Waals surface area contributed by atoms with Gasteiger partial charge in [-0.15, -0.1) is 11.3 Å². The number of rotatable bonds is 17. The number of amides is 1. The largest absolute Gasteiger partial charge is 0.428 e. The molecule has 2 aliphatic rings. The Morgan fingerprint density at radius 1 is 0.957 bits per heavy atom. The van der Waals surface area contributed by atoms with E-state index in [4.69, 9.17) is 14.5 Å². The Labute approximate surface area is 278 Å². The van der Waals surface area contributed by atoms with E-state index in [1.807, 2.05) is 24.3 Å². The lowest BCUT2D eigenvalue weighted by Crippen LogP contribution is -2.52. The van der Waals surface area contributed by atoms with Crippen LogP contribution >= 0.6 is 11.3 Å². The van der Waals surface area contributed by atoms with Gasteiger partial charge in [0.2, 0.25) is 6.29 Å². The first-order valence-electron chi connectivity index (χ1n) is 16.8. The molecule has 1 saturated heterocycles. The Bertz CT molecular complexity index is 1470. The second-order valence-electron chi connectivity index (χ2n) is 11.7. The summed E-state index contributed by atoms with van der Waals surface area (Å²) in [6.07, 6.45) is 22.5. The van der Waals surface area contributed by atoms with Crippen LogP contribution in [0.25, 0.3) is 5.82 Å². The van der Waals surface area contributed by atoms with Gasteiger partial charge in [0.15, 0.2) is 0 Å². The van der Waals surface area contributed by atoms with Gasteiger partial charge in [0.1, 0.15) is 10.5 Å². The number of para-hydroxylation sites is 2. The van der Waals surface area contributed by atoms with Crippen molar-refractivity contribution in [2.75, 3.05) is 37.6 Å².